The van der Waals surface area contributed by atoms with Crippen LogP contribution in [0.1, 0.15) is 0 Å². The van der Waals surface area contributed by atoms with E-state index in [4.69, 9.17) is 0 Å². The minimum absolute atomic E-state index is 0.651. The van der Waals surface area contributed by atoms with Crippen molar-refractivity contribution >= 4 is 12.3 Å². The molecule has 11 heavy (non-hydrogen) atoms. The number of hydrogen-bond acceptors (Lipinski definition) is 3. The van der Waals surface area contributed by atoms with Gasteiger partial charge in [0.15, 0.2) is 0 Å². The Hall–Kier alpha value is -1.45. The molecule has 0 aliphatic rings. The van der Waals surface area contributed by atoms with Crippen LogP contribution in [0.5, 0.6) is 0 Å². The fourth-order valence-corrected chi connectivity index (χ4v) is 0.698. The molecule has 1 rings (SSSR count). The van der Waals surface area contributed by atoms with Crippen molar-refractivity contribution in [2.45, 2.75) is 0 Å². The summed E-state index contributed by atoms with van der Waals surface area (Å²) in [4.78, 5) is 13.6. The molecule has 4 nitrogen and oxygen atoms in total. The molecular weight excluding hydrogens is 140 g/mol. The van der Waals surface area contributed by atoms with E-state index >= 15 is 0 Å². The third kappa shape index (κ3) is 2.00. The van der Waals surface area contributed by atoms with Gasteiger partial charge >= 0.3 is 0 Å². The van der Waals surface area contributed by atoms with Crippen LogP contribution in [0.3, 0.4) is 0 Å². The first-order valence-electron chi connectivity index (χ1n) is 3.26. The predicted octanol–water partition coefficient (Wildman–Crippen LogP) is 0.571. The van der Waals surface area contributed by atoms with Crippen molar-refractivity contribution in [3.05, 3.63) is 18.5 Å². The van der Waals surface area contributed by atoms with Crippen molar-refractivity contribution in [3.63, 3.8) is 0 Å². The van der Waals surface area contributed by atoms with Gasteiger partial charge < -0.3 is 4.90 Å². The summed E-state index contributed by atoms with van der Waals surface area (Å²) in [7, 11) is 3.56. The summed E-state index contributed by atoms with van der Waals surface area (Å²) in [6.45, 7) is 0. The van der Waals surface area contributed by atoms with Crippen LogP contribution in [0.15, 0.2) is 23.5 Å². The molecule has 0 bridgehead atoms. The van der Waals surface area contributed by atoms with Crippen LogP contribution in [0.4, 0.5) is 5.95 Å². The normalized spacial score (nSPS) is 10.4. The number of aliphatic imine (C=N–C) groups is 1. The molecule has 0 atom stereocenters. The molecule has 0 unspecified atom stereocenters. The number of anilines is 1. The van der Waals surface area contributed by atoms with Gasteiger partial charge in [-0.25, -0.2) is 9.97 Å². The largest absolute Gasteiger partial charge is 0.305 e. The number of aromatic nitrogens is 2. The minimum atomic E-state index is 0.651. The molecular formula is C7H10N4. The maximum absolute atomic E-state index is 4.02. The van der Waals surface area contributed by atoms with Crippen molar-refractivity contribution in [1.29, 1.82) is 0 Å². The average molecular weight is 150 g/mol. The first kappa shape index (κ1) is 7.65. The van der Waals surface area contributed by atoms with E-state index in [1.807, 2.05) is 7.05 Å². The highest BCUT2D eigenvalue weighted by atomic mass is 15.2. The maximum atomic E-state index is 4.02. The van der Waals surface area contributed by atoms with E-state index in [-0.39, 0.29) is 0 Å². The molecule has 1 aromatic rings. The zero-order valence-electron chi connectivity index (χ0n) is 6.60. The number of rotatable bonds is 2. The summed E-state index contributed by atoms with van der Waals surface area (Å²) in [6.07, 6.45) is 5.06. The molecule has 1 aromatic heterocycles. The standard InChI is InChI=1S/C7H10N4/c1-8-6-11(2)7-9-4-3-5-10-7/h3-6H,1-2H3. The molecule has 0 aliphatic carbocycles. The lowest BCUT2D eigenvalue weighted by Crippen LogP contribution is -2.16. The summed E-state index contributed by atoms with van der Waals surface area (Å²) < 4.78 is 0. The quantitative estimate of drug-likeness (QED) is 0.457. The van der Waals surface area contributed by atoms with Crippen molar-refractivity contribution in [2.24, 2.45) is 4.99 Å². The van der Waals surface area contributed by atoms with Gasteiger partial charge in [0.1, 0.15) is 0 Å². The average Bonchev–Trinajstić information content (AvgIpc) is 2.07. The van der Waals surface area contributed by atoms with E-state index in [1.54, 1.807) is 36.7 Å². The van der Waals surface area contributed by atoms with E-state index in [1.165, 1.54) is 0 Å². The van der Waals surface area contributed by atoms with Crippen molar-refractivity contribution < 1.29 is 0 Å². The van der Waals surface area contributed by atoms with E-state index in [0.717, 1.165) is 0 Å². The molecule has 0 aromatic carbocycles. The monoisotopic (exact) mass is 150 g/mol. The highest BCUT2D eigenvalue weighted by Crippen LogP contribution is 1.97. The van der Waals surface area contributed by atoms with Gasteiger partial charge in [0.25, 0.3) is 0 Å². The highest BCUT2D eigenvalue weighted by molar-refractivity contribution is 5.74. The Morgan fingerprint density at radius 1 is 1.45 bits per heavy atom. The van der Waals surface area contributed by atoms with Gasteiger partial charge in [-0.2, -0.15) is 0 Å². The van der Waals surface area contributed by atoms with Gasteiger partial charge in [-0.3, -0.25) is 4.99 Å². The van der Waals surface area contributed by atoms with Gasteiger partial charge in [-0.1, -0.05) is 0 Å². The zero-order chi connectivity index (χ0) is 8.10. The second kappa shape index (κ2) is 3.65. The number of hydrogen-bond donors (Lipinski definition) is 0. The molecule has 0 amide bonds. The molecule has 0 saturated carbocycles. The van der Waals surface area contributed by atoms with Crippen molar-refractivity contribution in [1.82, 2.24) is 9.97 Å². The molecule has 0 fully saturated rings. The summed E-state index contributed by atoms with van der Waals surface area (Å²) in [5, 5.41) is 0. The van der Waals surface area contributed by atoms with E-state index in [9.17, 15) is 0 Å². The maximum Gasteiger partial charge on any atom is 0.230 e. The highest BCUT2D eigenvalue weighted by Gasteiger charge is 1.96. The molecule has 0 N–H and O–H groups in total. The lowest BCUT2D eigenvalue weighted by molar-refractivity contribution is 1.07. The fraction of sp³-hybridized carbons (Fsp3) is 0.286. The minimum Gasteiger partial charge on any atom is -0.305 e. The van der Waals surface area contributed by atoms with Crippen LogP contribution in [0.25, 0.3) is 0 Å². The summed E-state index contributed by atoms with van der Waals surface area (Å²) >= 11 is 0. The van der Waals surface area contributed by atoms with Crippen LogP contribution in [-0.2, 0) is 0 Å². The Morgan fingerprint density at radius 2 is 2.09 bits per heavy atom. The third-order valence-corrected chi connectivity index (χ3v) is 1.16. The first-order chi connectivity index (χ1) is 5.34. The second-order valence-electron chi connectivity index (χ2n) is 2.03. The van der Waals surface area contributed by atoms with Gasteiger partial charge in [0.2, 0.25) is 5.95 Å². The Kier molecular flexibility index (Phi) is 2.54. The van der Waals surface area contributed by atoms with Gasteiger partial charge in [-0.15, -0.1) is 0 Å². The Bertz CT molecular complexity index is 231. The van der Waals surface area contributed by atoms with E-state index < -0.39 is 0 Å². The van der Waals surface area contributed by atoms with Crippen LogP contribution < -0.4 is 4.90 Å². The van der Waals surface area contributed by atoms with Crippen molar-refractivity contribution in [3.8, 4) is 0 Å². The molecule has 1 heterocycles. The van der Waals surface area contributed by atoms with E-state index in [2.05, 4.69) is 15.0 Å². The molecule has 0 saturated heterocycles. The Labute approximate surface area is 65.6 Å². The molecule has 0 aliphatic heterocycles. The lowest BCUT2D eigenvalue weighted by atomic mass is 10.6. The Morgan fingerprint density at radius 3 is 2.64 bits per heavy atom. The van der Waals surface area contributed by atoms with Gasteiger partial charge in [0, 0.05) is 26.5 Å². The summed E-state index contributed by atoms with van der Waals surface area (Å²) in [5.41, 5.74) is 0. The molecule has 0 spiro atoms. The van der Waals surface area contributed by atoms with Crippen LogP contribution >= 0.6 is 0 Å². The van der Waals surface area contributed by atoms with Crippen LogP contribution in [-0.4, -0.2) is 30.4 Å². The van der Waals surface area contributed by atoms with E-state index in [0.29, 0.717) is 5.95 Å². The Balaban J connectivity index is 2.76. The smallest absolute Gasteiger partial charge is 0.230 e. The zero-order valence-corrected chi connectivity index (χ0v) is 6.60. The predicted molar refractivity (Wildman–Crippen MR) is 44.9 cm³/mol. The number of nitrogens with zero attached hydrogens (tertiary/aromatic N) is 4. The summed E-state index contributed by atoms with van der Waals surface area (Å²) in [5.74, 6) is 0.651. The molecule has 58 valence electrons. The summed E-state index contributed by atoms with van der Waals surface area (Å²) in [6, 6.07) is 1.78. The van der Waals surface area contributed by atoms with Crippen LogP contribution in [0, 0.1) is 0 Å². The fourth-order valence-electron chi connectivity index (χ4n) is 0.698. The van der Waals surface area contributed by atoms with Gasteiger partial charge in [-0.05, 0) is 6.07 Å². The first-order valence-corrected chi connectivity index (χ1v) is 3.26. The van der Waals surface area contributed by atoms with Crippen LogP contribution in [0.2, 0.25) is 0 Å². The molecule has 4 heteroatoms. The second-order valence-corrected chi connectivity index (χ2v) is 2.03. The topological polar surface area (TPSA) is 41.4 Å². The molecule has 0 radical (unpaired) electrons. The third-order valence-electron chi connectivity index (χ3n) is 1.16. The lowest BCUT2D eigenvalue weighted by Gasteiger charge is -2.08. The van der Waals surface area contributed by atoms with Gasteiger partial charge in [0.05, 0.1) is 6.34 Å². The SMILES string of the molecule is CN=CN(C)c1ncccn1. The van der Waals surface area contributed by atoms with Crippen molar-refractivity contribution in [2.75, 3.05) is 19.0 Å².